The maximum Gasteiger partial charge on any atom is 0.416 e. The Labute approximate surface area is 120 Å². The number of hydrogen-bond acceptors (Lipinski definition) is 6. The lowest BCUT2D eigenvalue weighted by molar-refractivity contribution is -0.137. The third-order valence-corrected chi connectivity index (χ3v) is 3.46. The third kappa shape index (κ3) is 2.75. The second-order valence-corrected chi connectivity index (χ2v) is 5.01. The minimum Gasteiger partial charge on any atom is -0.384 e. The van der Waals surface area contributed by atoms with Crippen LogP contribution in [0.4, 0.5) is 19.0 Å². The summed E-state index contributed by atoms with van der Waals surface area (Å²) in [6, 6.07) is 1.71. The summed E-state index contributed by atoms with van der Waals surface area (Å²) in [6.07, 6.45) is -1.78. The van der Waals surface area contributed by atoms with E-state index in [0.29, 0.717) is 16.2 Å². The number of H-pyrrole nitrogens is 1. The van der Waals surface area contributed by atoms with Crippen molar-refractivity contribution in [2.45, 2.75) is 16.2 Å². The maximum atomic E-state index is 12.8. The van der Waals surface area contributed by atoms with Crippen LogP contribution in [0.1, 0.15) is 5.56 Å². The van der Waals surface area contributed by atoms with Crippen LogP contribution in [0.5, 0.6) is 0 Å². The predicted octanol–water partition coefficient (Wildman–Crippen LogP) is 2.50. The molecule has 3 rings (SSSR count). The number of nitrogens with two attached hydrogens (primary N) is 1. The molecular weight excluding hydrogens is 305 g/mol. The third-order valence-electron chi connectivity index (χ3n) is 2.54. The monoisotopic (exact) mass is 312 g/mol. The van der Waals surface area contributed by atoms with Gasteiger partial charge in [0.05, 0.1) is 11.9 Å². The van der Waals surface area contributed by atoms with E-state index in [2.05, 4.69) is 24.9 Å². The van der Waals surface area contributed by atoms with Gasteiger partial charge in [-0.2, -0.15) is 13.2 Å². The van der Waals surface area contributed by atoms with Gasteiger partial charge in [-0.05, 0) is 23.9 Å². The van der Waals surface area contributed by atoms with Crippen molar-refractivity contribution < 1.29 is 13.2 Å². The van der Waals surface area contributed by atoms with Crippen molar-refractivity contribution in [2.24, 2.45) is 0 Å². The van der Waals surface area contributed by atoms with Crippen LogP contribution in [0, 0.1) is 0 Å². The number of aromatic nitrogens is 5. The molecule has 108 valence electrons. The Bertz CT molecular complexity index is 800. The minimum absolute atomic E-state index is 0.0944. The van der Waals surface area contributed by atoms with Crippen LogP contribution >= 0.6 is 11.8 Å². The van der Waals surface area contributed by atoms with Crippen LogP contribution < -0.4 is 5.73 Å². The van der Waals surface area contributed by atoms with E-state index in [1.807, 2.05) is 0 Å². The molecule has 3 heterocycles. The number of imidazole rings is 1. The number of anilines is 1. The summed E-state index contributed by atoms with van der Waals surface area (Å²) in [5.41, 5.74) is 5.52. The Hall–Kier alpha value is -2.36. The average molecular weight is 312 g/mol. The molecule has 0 unspecified atom stereocenters. The Morgan fingerprint density at radius 2 is 1.95 bits per heavy atom. The van der Waals surface area contributed by atoms with Crippen molar-refractivity contribution in [3.63, 3.8) is 0 Å². The van der Waals surface area contributed by atoms with Crippen LogP contribution in [-0.4, -0.2) is 24.9 Å². The lowest BCUT2D eigenvalue weighted by atomic mass is 10.2. The lowest BCUT2D eigenvalue weighted by Crippen LogP contribution is -2.07. The number of nitrogens with one attached hydrogen (secondary N) is 1. The zero-order chi connectivity index (χ0) is 15.0. The summed E-state index contributed by atoms with van der Waals surface area (Å²) in [5, 5.41) is 0.514. The Morgan fingerprint density at radius 3 is 2.71 bits per heavy atom. The van der Waals surface area contributed by atoms with Gasteiger partial charge in [-0.25, -0.2) is 19.9 Å². The van der Waals surface area contributed by atoms with E-state index < -0.39 is 11.7 Å². The fourth-order valence-electron chi connectivity index (χ4n) is 1.66. The molecule has 0 fully saturated rings. The zero-order valence-corrected chi connectivity index (χ0v) is 11.0. The molecule has 0 bridgehead atoms. The van der Waals surface area contributed by atoms with E-state index in [0.717, 1.165) is 23.9 Å². The normalized spacial score (nSPS) is 12.0. The summed E-state index contributed by atoms with van der Waals surface area (Å²) in [6.45, 7) is 0. The highest BCUT2D eigenvalue weighted by atomic mass is 32.2. The number of aromatic amines is 1. The quantitative estimate of drug-likeness (QED) is 0.706. The van der Waals surface area contributed by atoms with Crippen molar-refractivity contribution in [3.05, 3.63) is 30.4 Å². The van der Waals surface area contributed by atoms with Crippen molar-refractivity contribution in [3.8, 4) is 0 Å². The fourth-order valence-corrected chi connectivity index (χ4v) is 2.55. The second kappa shape index (κ2) is 4.88. The molecule has 10 heteroatoms. The van der Waals surface area contributed by atoms with Gasteiger partial charge in [0.1, 0.15) is 27.7 Å². The standard InChI is InChI=1S/C11H7F3N6S/c12-11(13,14)5-1-6(15)20-7(2-5)21-10-8-9(17-3-16-8)18-4-19-10/h1-4H,(H2,15,20)(H,16,17,18,19). The number of nitrogen functional groups attached to an aromatic ring is 1. The van der Waals surface area contributed by atoms with E-state index in [1.165, 1.54) is 12.7 Å². The van der Waals surface area contributed by atoms with E-state index in [-0.39, 0.29) is 10.8 Å². The van der Waals surface area contributed by atoms with E-state index >= 15 is 0 Å². The topological polar surface area (TPSA) is 93.4 Å². The van der Waals surface area contributed by atoms with E-state index in [4.69, 9.17) is 5.73 Å². The Morgan fingerprint density at radius 1 is 1.14 bits per heavy atom. The smallest absolute Gasteiger partial charge is 0.384 e. The average Bonchev–Trinajstić information content (AvgIpc) is 2.86. The number of fused-ring (bicyclic) bond motifs is 1. The molecule has 0 aromatic carbocycles. The van der Waals surface area contributed by atoms with Crippen LogP contribution in [0.3, 0.4) is 0 Å². The van der Waals surface area contributed by atoms with Gasteiger partial charge in [0, 0.05) is 0 Å². The molecule has 3 aromatic heterocycles. The predicted molar refractivity (Wildman–Crippen MR) is 69.5 cm³/mol. The summed E-state index contributed by atoms with van der Waals surface area (Å²) in [7, 11) is 0. The lowest BCUT2D eigenvalue weighted by Gasteiger charge is -2.09. The molecule has 3 N–H and O–H groups in total. The van der Waals surface area contributed by atoms with Crippen molar-refractivity contribution >= 4 is 28.7 Å². The van der Waals surface area contributed by atoms with Gasteiger partial charge in [-0.15, -0.1) is 0 Å². The van der Waals surface area contributed by atoms with Gasteiger partial charge in [0.15, 0.2) is 5.65 Å². The van der Waals surface area contributed by atoms with Crippen LogP contribution in [0.25, 0.3) is 11.2 Å². The van der Waals surface area contributed by atoms with Crippen LogP contribution in [0.2, 0.25) is 0 Å². The molecule has 0 spiro atoms. The molecule has 0 aliphatic carbocycles. The first kappa shape index (κ1) is 13.6. The van der Waals surface area contributed by atoms with Crippen LogP contribution in [-0.2, 0) is 6.18 Å². The van der Waals surface area contributed by atoms with Gasteiger partial charge in [0.25, 0.3) is 0 Å². The second-order valence-electron chi connectivity index (χ2n) is 4.00. The Kier molecular flexibility index (Phi) is 3.16. The number of pyridine rings is 1. The SMILES string of the molecule is Nc1cc(C(F)(F)F)cc(Sc2ncnc3nc[nH]c23)n1. The van der Waals surface area contributed by atoms with Gasteiger partial charge in [-0.3, -0.25) is 0 Å². The van der Waals surface area contributed by atoms with Crippen molar-refractivity contribution in [2.75, 3.05) is 5.73 Å². The number of hydrogen-bond donors (Lipinski definition) is 2. The summed E-state index contributed by atoms with van der Waals surface area (Å²) in [4.78, 5) is 18.6. The van der Waals surface area contributed by atoms with Crippen molar-refractivity contribution in [1.82, 2.24) is 24.9 Å². The van der Waals surface area contributed by atoms with E-state index in [9.17, 15) is 13.2 Å². The molecule has 3 aromatic rings. The summed E-state index contributed by atoms with van der Waals surface area (Å²) < 4.78 is 38.3. The number of rotatable bonds is 2. The maximum absolute atomic E-state index is 12.8. The molecule has 0 saturated heterocycles. The summed E-state index contributed by atoms with van der Waals surface area (Å²) in [5.74, 6) is -0.206. The zero-order valence-electron chi connectivity index (χ0n) is 10.2. The molecule has 6 nitrogen and oxygen atoms in total. The number of alkyl halides is 3. The summed E-state index contributed by atoms with van der Waals surface area (Å²) >= 11 is 0.953. The molecule has 0 saturated carbocycles. The highest BCUT2D eigenvalue weighted by Crippen LogP contribution is 2.35. The Balaban J connectivity index is 2.02. The molecule has 0 aliphatic rings. The molecule has 0 aliphatic heterocycles. The number of halogens is 3. The molecule has 0 atom stereocenters. The minimum atomic E-state index is -4.48. The van der Waals surface area contributed by atoms with Gasteiger partial charge in [0.2, 0.25) is 0 Å². The first-order valence-corrected chi connectivity index (χ1v) is 6.42. The van der Waals surface area contributed by atoms with Crippen molar-refractivity contribution in [1.29, 1.82) is 0 Å². The number of nitrogens with zero attached hydrogens (tertiary/aromatic N) is 4. The molecule has 0 radical (unpaired) electrons. The highest BCUT2D eigenvalue weighted by Gasteiger charge is 2.31. The van der Waals surface area contributed by atoms with Crippen LogP contribution in [0.15, 0.2) is 34.8 Å². The largest absolute Gasteiger partial charge is 0.416 e. The first-order chi connectivity index (χ1) is 9.93. The highest BCUT2D eigenvalue weighted by molar-refractivity contribution is 7.99. The van der Waals surface area contributed by atoms with Gasteiger partial charge in [-0.1, -0.05) is 0 Å². The fraction of sp³-hybridized carbons (Fsp3) is 0.0909. The molecule has 0 amide bonds. The van der Waals surface area contributed by atoms with Gasteiger partial charge < -0.3 is 10.7 Å². The van der Waals surface area contributed by atoms with E-state index in [1.54, 1.807) is 0 Å². The molecule has 21 heavy (non-hydrogen) atoms. The molecular formula is C11H7F3N6S. The first-order valence-electron chi connectivity index (χ1n) is 5.60. The van der Waals surface area contributed by atoms with Gasteiger partial charge >= 0.3 is 6.18 Å².